The highest BCUT2D eigenvalue weighted by molar-refractivity contribution is 7.89. The third kappa shape index (κ3) is 4.45. The van der Waals surface area contributed by atoms with Crippen molar-refractivity contribution in [3.8, 4) is 0 Å². The van der Waals surface area contributed by atoms with E-state index in [0.29, 0.717) is 25.9 Å². The molecule has 10 nitrogen and oxygen atoms in total. The van der Waals surface area contributed by atoms with E-state index in [1.807, 2.05) is 0 Å². The van der Waals surface area contributed by atoms with Crippen molar-refractivity contribution in [1.82, 2.24) is 4.31 Å². The van der Waals surface area contributed by atoms with E-state index < -0.39 is 25.0 Å². The fraction of sp³-hybridized carbons (Fsp3) is 0.538. The lowest BCUT2D eigenvalue weighted by Gasteiger charge is -2.36. The Balaban J connectivity index is 2.25. The molecule has 1 fully saturated rings. The molecule has 0 spiro atoms. The first-order valence-electron chi connectivity index (χ1n) is 7.40. The third-order valence-electron chi connectivity index (χ3n) is 4.31. The van der Waals surface area contributed by atoms with E-state index >= 15 is 0 Å². The zero-order chi connectivity index (χ0) is 19.0. The summed E-state index contributed by atoms with van der Waals surface area (Å²) in [5.41, 5.74) is -0.0562. The maximum Gasteiger partial charge on any atom is 0.293 e. The maximum absolute atomic E-state index is 11.6. The molecule has 1 aromatic rings. The van der Waals surface area contributed by atoms with Gasteiger partial charge in [-0.25, -0.2) is 26.3 Å². The number of primary sulfonamides is 1. The number of nitrogens with zero attached hydrogens (tertiary/aromatic N) is 3. The van der Waals surface area contributed by atoms with Crippen molar-refractivity contribution in [2.75, 3.05) is 31.3 Å². The zero-order valence-corrected chi connectivity index (χ0v) is 15.5. The summed E-state index contributed by atoms with van der Waals surface area (Å²) in [6.45, 7) is 0.834. The van der Waals surface area contributed by atoms with Crippen molar-refractivity contribution in [3.63, 3.8) is 0 Å². The predicted molar refractivity (Wildman–Crippen MR) is 92.3 cm³/mol. The largest absolute Gasteiger partial charge is 0.366 e. The van der Waals surface area contributed by atoms with Crippen molar-refractivity contribution >= 4 is 31.4 Å². The summed E-state index contributed by atoms with van der Waals surface area (Å²) in [5, 5.41) is 16.3. The lowest BCUT2D eigenvalue weighted by molar-refractivity contribution is -0.384. The van der Waals surface area contributed by atoms with Crippen LogP contribution in [0.5, 0.6) is 0 Å². The van der Waals surface area contributed by atoms with Crippen LogP contribution in [0.2, 0.25) is 0 Å². The Kier molecular flexibility index (Phi) is 5.37. The number of hydrogen-bond acceptors (Lipinski definition) is 7. The molecule has 0 bridgehead atoms. The molecule has 1 saturated heterocycles. The lowest BCUT2D eigenvalue weighted by Crippen LogP contribution is -2.45. The Morgan fingerprint density at radius 3 is 2.24 bits per heavy atom. The van der Waals surface area contributed by atoms with Crippen molar-refractivity contribution in [1.29, 1.82) is 0 Å². The molecule has 2 rings (SSSR count). The van der Waals surface area contributed by atoms with Gasteiger partial charge in [0.05, 0.1) is 16.1 Å². The van der Waals surface area contributed by atoms with E-state index in [1.54, 1.807) is 4.90 Å². The van der Waals surface area contributed by atoms with E-state index in [4.69, 9.17) is 5.14 Å². The predicted octanol–water partition coefficient (Wildman–Crippen LogP) is 0.102. The van der Waals surface area contributed by atoms with E-state index in [9.17, 15) is 26.9 Å². The van der Waals surface area contributed by atoms with Gasteiger partial charge in [-0.05, 0) is 25.0 Å². The number of anilines is 1. The summed E-state index contributed by atoms with van der Waals surface area (Å²) in [4.78, 5) is 12.1. The van der Waals surface area contributed by atoms with Crippen molar-refractivity contribution in [2.45, 2.75) is 23.8 Å². The van der Waals surface area contributed by atoms with Gasteiger partial charge >= 0.3 is 0 Å². The molecule has 0 unspecified atom stereocenters. The van der Waals surface area contributed by atoms with Crippen LogP contribution in [0.15, 0.2) is 23.1 Å². The van der Waals surface area contributed by atoms with E-state index in [2.05, 4.69) is 0 Å². The number of sulfonamides is 2. The number of benzene rings is 1. The maximum atomic E-state index is 11.6. The number of rotatable bonds is 5. The normalized spacial score (nSPS) is 17.0. The number of hydrogen-bond donors (Lipinski definition) is 1. The average Bonchev–Trinajstić information content (AvgIpc) is 2.52. The summed E-state index contributed by atoms with van der Waals surface area (Å²) in [6, 6.07) is 3.36. The van der Waals surface area contributed by atoms with Crippen molar-refractivity contribution in [2.24, 2.45) is 5.14 Å². The molecule has 1 heterocycles. The monoisotopic (exact) mass is 392 g/mol. The van der Waals surface area contributed by atoms with Gasteiger partial charge in [0, 0.05) is 32.2 Å². The van der Waals surface area contributed by atoms with Gasteiger partial charge in [-0.2, -0.15) is 0 Å². The molecule has 1 aliphatic heterocycles. The standard InChI is InChI=1S/C13H20N4O6S2/c1-15(24(2,20)21)10-5-7-16(8-6-10)12-4-3-11(25(14,22)23)9-13(12)17(18)19/h3-4,9-10H,5-8H2,1-2H3,(H2,14,22,23). The molecule has 0 aromatic heterocycles. The Hall–Kier alpha value is -1.76. The van der Waals surface area contributed by atoms with Gasteiger partial charge in [-0.1, -0.05) is 0 Å². The average molecular weight is 392 g/mol. The van der Waals surface area contributed by atoms with Crippen LogP contribution >= 0.6 is 0 Å². The minimum absolute atomic E-state index is 0.172. The molecule has 0 aliphatic carbocycles. The molecule has 1 aromatic carbocycles. The van der Waals surface area contributed by atoms with Crippen molar-refractivity contribution < 1.29 is 21.8 Å². The van der Waals surface area contributed by atoms with Crippen LogP contribution in [0.4, 0.5) is 11.4 Å². The number of nitrogens with two attached hydrogens (primary N) is 1. The van der Waals surface area contributed by atoms with Crippen LogP contribution in [-0.2, 0) is 20.0 Å². The molecule has 2 N–H and O–H groups in total. The Morgan fingerprint density at radius 2 is 1.80 bits per heavy atom. The first kappa shape index (κ1) is 19.6. The van der Waals surface area contributed by atoms with Crippen LogP contribution in [0.25, 0.3) is 0 Å². The molecule has 1 aliphatic rings. The zero-order valence-electron chi connectivity index (χ0n) is 13.8. The topological polar surface area (TPSA) is 144 Å². The fourth-order valence-electron chi connectivity index (χ4n) is 2.84. The molecule has 0 saturated carbocycles. The van der Waals surface area contributed by atoms with Crippen molar-refractivity contribution in [3.05, 3.63) is 28.3 Å². The second kappa shape index (κ2) is 6.86. The van der Waals surface area contributed by atoms with Crippen LogP contribution in [-0.4, -0.2) is 58.5 Å². The molecule has 140 valence electrons. The van der Waals surface area contributed by atoms with Gasteiger partial charge < -0.3 is 4.90 Å². The Bertz CT molecular complexity index is 876. The highest BCUT2D eigenvalue weighted by Gasteiger charge is 2.30. The molecule has 0 amide bonds. The molecular weight excluding hydrogens is 372 g/mol. The van der Waals surface area contributed by atoms with Gasteiger partial charge in [0.2, 0.25) is 20.0 Å². The van der Waals surface area contributed by atoms with Crippen LogP contribution < -0.4 is 10.0 Å². The summed E-state index contributed by atoms with van der Waals surface area (Å²) in [7, 11) is -5.83. The van der Waals surface area contributed by atoms with E-state index in [1.165, 1.54) is 23.5 Å². The van der Waals surface area contributed by atoms with E-state index in [0.717, 1.165) is 12.3 Å². The minimum Gasteiger partial charge on any atom is -0.366 e. The first-order valence-corrected chi connectivity index (χ1v) is 10.8. The highest BCUT2D eigenvalue weighted by atomic mass is 32.2. The molecule has 25 heavy (non-hydrogen) atoms. The highest BCUT2D eigenvalue weighted by Crippen LogP contribution is 2.33. The van der Waals surface area contributed by atoms with Gasteiger partial charge in [-0.15, -0.1) is 0 Å². The molecule has 0 atom stereocenters. The number of nitro groups is 1. The Morgan fingerprint density at radius 1 is 1.24 bits per heavy atom. The number of piperidine rings is 1. The van der Waals surface area contributed by atoms with Crippen LogP contribution in [0, 0.1) is 10.1 Å². The summed E-state index contributed by atoms with van der Waals surface area (Å²) in [6.07, 6.45) is 2.16. The number of nitro benzene ring substituents is 1. The lowest BCUT2D eigenvalue weighted by atomic mass is 10.0. The van der Waals surface area contributed by atoms with Gasteiger partial charge in [-0.3, -0.25) is 10.1 Å². The van der Waals surface area contributed by atoms with E-state index in [-0.39, 0.29) is 22.3 Å². The summed E-state index contributed by atoms with van der Waals surface area (Å²) >= 11 is 0. The molecular formula is C13H20N4O6S2. The fourth-order valence-corrected chi connectivity index (χ4v) is 4.12. The third-order valence-corrected chi connectivity index (χ3v) is 6.57. The van der Waals surface area contributed by atoms with Gasteiger partial charge in [0.1, 0.15) is 5.69 Å². The molecule has 12 heteroatoms. The smallest absolute Gasteiger partial charge is 0.293 e. The first-order chi connectivity index (χ1) is 11.4. The van der Waals surface area contributed by atoms with Gasteiger partial charge in [0.15, 0.2) is 0 Å². The van der Waals surface area contributed by atoms with Gasteiger partial charge in [0.25, 0.3) is 5.69 Å². The Labute approximate surface area is 146 Å². The quantitative estimate of drug-likeness (QED) is 0.553. The molecule has 0 radical (unpaired) electrons. The van der Waals surface area contributed by atoms with Crippen LogP contribution in [0.1, 0.15) is 12.8 Å². The minimum atomic E-state index is -4.04. The summed E-state index contributed by atoms with van der Waals surface area (Å²) in [5.74, 6) is 0. The SMILES string of the molecule is CN(C1CCN(c2ccc(S(N)(=O)=O)cc2[N+](=O)[O-])CC1)S(C)(=O)=O. The second-order valence-corrected chi connectivity index (χ2v) is 9.55. The second-order valence-electron chi connectivity index (χ2n) is 5.95. The van der Waals surface area contributed by atoms with Crippen LogP contribution in [0.3, 0.4) is 0 Å². The summed E-state index contributed by atoms with van der Waals surface area (Å²) < 4.78 is 47.3.